The Hall–Kier alpha value is -0.830. The van der Waals surface area contributed by atoms with Crippen molar-refractivity contribution in [3.63, 3.8) is 0 Å². The lowest BCUT2D eigenvalue weighted by Gasteiger charge is -2.07. The highest BCUT2D eigenvalue weighted by molar-refractivity contribution is 4.99. The first kappa shape index (κ1) is 7.80. The molecule has 3 heteroatoms. The van der Waals surface area contributed by atoms with E-state index in [2.05, 4.69) is 21.9 Å². The fourth-order valence-electron chi connectivity index (χ4n) is 1.77. The zero-order valence-corrected chi connectivity index (χ0v) is 7.45. The summed E-state index contributed by atoms with van der Waals surface area (Å²) in [5.41, 5.74) is 1.35. The van der Waals surface area contributed by atoms with Gasteiger partial charge in [-0.05, 0) is 31.8 Å². The van der Waals surface area contributed by atoms with Crippen LogP contribution in [-0.2, 0) is 13.5 Å². The summed E-state index contributed by atoms with van der Waals surface area (Å²) in [5, 5.41) is 3.37. The number of nitrogens with zero attached hydrogens (tertiary/aromatic N) is 2. The van der Waals surface area contributed by atoms with Gasteiger partial charge in [0.05, 0.1) is 6.33 Å². The van der Waals surface area contributed by atoms with Crippen LogP contribution >= 0.6 is 0 Å². The van der Waals surface area contributed by atoms with Crippen molar-refractivity contribution in [3.05, 3.63) is 18.2 Å². The molecule has 1 atom stereocenters. The summed E-state index contributed by atoms with van der Waals surface area (Å²) in [6.07, 6.45) is 6.32. The Balaban J connectivity index is 1.98. The van der Waals surface area contributed by atoms with Gasteiger partial charge < -0.3 is 9.88 Å². The molecule has 0 bridgehead atoms. The number of imidazole rings is 1. The molecule has 0 aliphatic carbocycles. The smallest absolute Gasteiger partial charge is 0.0945 e. The van der Waals surface area contributed by atoms with Crippen LogP contribution in [0.1, 0.15) is 12.1 Å². The number of nitrogens with one attached hydrogen (secondary N) is 1. The third-order valence-corrected chi connectivity index (χ3v) is 2.58. The lowest BCUT2D eigenvalue weighted by molar-refractivity contribution is 0.560. The van der Waals surface area contributed by atoms with Gasteiger partial charge in [0.25, 0.3) is 0 Å². The molecular formula is C9H15N3. The first-order valence-corrected chi connectivity index (χ1v) is 4.52. The Labute approximate surface area is 72.8 Å². The molecule has 1 aromatic rings. The number of aryl methyl sites for hydroxylation is 1. The van der Waals surface area contributed by atoms with Crippen molar-refractivity contribution in [2.45, 2.75) is 12.8 Å². The molecule has 12 heavy (non-hydrogen) atoms. The third kappa shape index (κ3) is 1.50. The van der Waals surface area contributed by atoms with E-state index in [0.717, 1.165) is 5.92 Å². The number of aromatic nitrogens is 2. The van der Waals surface area contributed by atoms with Crippen molar-refractivity contribution >= 4 is 0 Å². The molecular weight excluding hydrogens is 150 g/mol. The Morgan fingerprint density at radius 2 is 2.67 bits per heavy atom. The summed E-state index contributed by atoms with van der Waals surface area (Å²) < 4.78 is 2.11. The summed E-state index contributed by atoms with van der Waals surface area (Å²) in [6.45, 7) is 2.35. The van der Waals surface area contributed by atoms with Gasteiger partial charge in [-0.2, -0.15) is 0 Å². The highest BCUT2D eigenvalue weighted by Crippen LogP contribution is 2.13. The second-order valence-corrected chi connectivity index (χ2v) is 3.56. The maximum Gasteiger partial charge on any atom is 0.0945 e. The summed E-state index contributed by atoms with van der Waals surface area (Å²) in [4.78, 5) is 4.11. The van der Waals surface area contributed by atoms with Gasteiger partial charge in [0.2, 0.25) is 0 Å². The summed E-state index contributed by atoms with van der Waals surface area (Å²) in [5.74, 6) is 0.820. The van der Waals surface area contributed by atoms with E-state index in [-0.39, 0.29) is 0 Å². The van der Waals surface area contributed by atoms with E-state index in [1.54, 1.807) is 0 Å². The minimum absolute atomic E-state index is 0.820. The van der Waals surface area contributed by atoms with Crippen LogP contribution in [0.3, 0.4) is 0 Å². The molecule has 2 rings (SSSR count). The van der Waals surface area contributed by atoms with Crippen molar-refractivity contribution in [3.8, 4) is 0 Å². The number of rotatable bonds is 2. The first-order valence-electron chi connectivity index (χ1n) is 4.52. The maximum atomic E-state index is 4.11. The zero-order chi connectivity index (χ0) is 8.39. The van der Waals surface area contributed by atoms with Crippen LogP contribution in [0.2, 0.25) is 0 Å². The Morgan fingerprint density at radius 3 is 3.25 bits per heavy atom. The molecule has 1 aliphatic heterocycles. The predicted octanol–water partition coefficient (Wildman–Crippen LogP) is 0.572. The normalized spacial score (nSPS) is 23.2. The zero-order valence-electron chi connectivity index (χ0n) is 7.45. The SMILES string of the molecule is Cn1cncc1CC1CCNC1. The van der Waals surface area contributed by atoms with E-state index in [1.165, 1.54) is 31.6 Å². The first-order chi connectivity index (χ1) is 5.86. The van der Waals surface area contributed by atoms with Crippen molar-refractivity contribution in [1.29, 1.82) is 0 Å². The van der Waals surface area contributed by atoms with E-state index in [0.29, 0.717) is 0 Å². The van der Waals surface area contributed by atoms with Gasteiger partial charge >= 0.3 is 0 Å². The van der Waals surface area contributed by atoms with E-state index in [4.69, 9.17) is 0 Å². The second-order valence-electron chi connectivity index (χ2n) is 3.56. The molecule has 0 saturated carbocycles. The highest BCUT2D eigenvalue weighted by atomic mass is 15.0. The monoisotopic (exact) mass is 165 g/mol. The minimum Gasteiger partial charge on any atom is -0.338 e. The van der Waals surface area contributed by atoms with E-state index in [1.807, 2.05) is 12.5 Å². The van der Waals surface area contributed by atoms with E-state index >= 15 is 0 Å². The molecule has 1 N–H and O–H groups in total. The van der Waals surface area contributed by atoms with E-state index < -0.39 is 0 Å². The lowest BCUT2D eigenvalue weighted by atomic mass is 10.0. The molecule has 1 aliphatic rings. The molecule has 1 saturated heterocycles. The molecule has 1 unspecified atom stereocenters. The van der Waals surface area contributed by atoms with Crippen LogP contribution in [0.4, 0.5) is 0 Å². The third-order valence-electron chi connectivity index (χ3n) is 2.58. The maximum absolute atomic E-state index is 4.11. The topological polar surface area (TPSA) is 29.9 Å². The van der Waals surface area contributed by atoms with Crippen LogP contribution < -0.4 is 5.32 Å². The van der Waals surface area contributed by atoms with Gasteiger partial charge in [0, 0.05) is 18.9 Å². The van der Waals surface area contributed by atoms with Crippen LogP contribution in [0, 0.1) is 5.92 Å². The Bertz CT molecular complexity index is 248. The van der Waals surface area contributed by atoms with Gasteiger partial charge in [0.15, 0.2) is 0 Å². The lowest BCUT2D eigenvalue weighted by Crippen LogP contribution is -2.12. The molecule has 0 aromatic carbocycles. The molecule has 1 fully saturated rings. The number of hydrogen-bond donors (Lipinski definition) is 1. The molecule has 0 amide bonds. The molecule has 0 radical (unpaired) electrons. The van der Waals surface area contributed by atoms with Crippen LogP contribution in [-0.4, -0.2) is 22.6 Å². The fraction of sp³-hybridized carbons (Fsp3) is 0.667. The van der Waals surface area contributed by atoms with Crippen molar-refractivity contribution in [1.82, 2.24) is 14.9 Å². The van der Waals surface area contributed by atoms with Crippen molar-refractivity contribution in [2.75, 3.05) is 13.1 Å². The van der Waals surface area contributed by atoms with E-state index in [9.17, 15) is 0 Å². The quantitative estimate of drug-likeness (QED) is 0.694. The minimum atomic E-state index is 0.820. The molecule has 2 heterocycles. The average Bonchev–Trinajstić information content (AvgIpc) is 2.65. The second kappa shape index (κ2) is 3.27. The van der Waals surface area contributed by atoms with Crippen molar-refractivity contribution in [2.24, 2.45) is 13.0 Å². The highest BCUT2D eigenvalue weighted by Gasteiger charge is 2.15. The van der Waals surface area contributed by atoms with Crippen LogP contribution in [0.25, 0.3) is 0 Å². The van der Waals surface area contributed by atoms with Gasteiger partial charge in [0.1, 0.15) is 0 Å². The van der Waals surface area contributed by atoms with Crippen molar-refractivity contribution < 1.29 is 0 Å². The summed E-state index contributed by atoms with van der Waals surface area (Å²) in [7, 11) is 2.06. The summed E-state index contributed by atoms with van der Waals surface area (Å²) >= 11 is 0. The molecule has 1 aromatic heterocycles. The van der Waals surface area contributed by atoms with Crippen LogP contribution in [0.5, 0.6) is 0 Å². The Morgan fingerprint density at radius 1 is 1.75 bits per heavy atom. The van der Waals surface area contributed by atoms with Gasteiger partial charge in [-0.15, -0.1) is 0 Å². The number of hydrogen-bond acceptors (Lipinski definition) is 2. The van der Waals surface area contributed by atoms with Gasteiger partial charge in [-0.1, -0.05) is 0 Å². The van der Waals surface area contributed by atoms with Gasteiger partial charge in [-0.3, -0.25) is 0 Å². The molecule has 3 nitrogen and oxygen atoms in total. The Kier molecular flexibility index (Phi) is 2.13. The largest absolute Gasteiger partial charge is 0.338 e. The standard InChI is InChI=1S/C9H15N3/c1-12-7-11-6-9(12)4-8-2-3-10-5-8/h6-8,10H,2-5H2,1H3. The molecule has 66 valence electrons. The fourth-order valence-corrected chi connectivity index (χ4v) is 1.77. The van der Waals surface area contributed by atoms with Gasteiger partial charge in [-0.25, -0.2) is 4.98 Å². The summed E-state index contributed by atoms with van der Waals surface area (Å²) in [6, 6.07) is 0. The molecule has 0 spiro atoms. The predicted molar refractivity (Wildman–Crippen MR) is 47.9 cm³/mol. The average molecular weight is 165 g/mol. The van der Waals surface area contributed by atoms with Crippen LogP contribution in [0.15, 0.2) is 12.5 Å².